The molecule has 1 aromatic rings. The molecule has 1 aliphatic rings. The summed E-state index contributed by atoms with van der Waals surface area (Å²) in [4.78, 5) is 0. The molecule has 1 aromatic carbocycles. The summed E-state index contributed by atoms with van der Waals surface area (Å²) in [6.45, 7) is 1.90. The normalized spacial score (nSPS) is 24.3. The summed E-state index contributed by atoms with van der Waals surface area (Å²) in [5.74, 6) is -1.24. The maximum Gasteiger partial charge on any atom is 0.393 e. The number of hydrogen-bond acceptors (Lipinski definition) is 1. The summed E-state index contributed by atoms with van der Waals surface area (Å²) in [6.07, 6.45) is -1.78. The topological polar surface area (TPSA) is 12.0 Å². The van der Waals surface area contributed by atoms with Gasteiger partial charge in [0.1, 0.15) is 0 Å². The van der Waals surface area contributed by atoms with Crippen LogP contribution in [0.2, 0.25) is 0 Å². The Balaban J connectivity index is 2.17. The highest BCUT2D eigenvalue weighted by Crippen LogP contribution is 2.39. The van der Waals surface area contributed by atoms with Gasteiger partial charge in [-0.1, -0.05) is 34.8 Å². The summed E-state index contributed by atoms with van der Waals surface area (Å²) in [5, 5.41) is 3.10. The van der Waals surface area contributed by atoms with Gasteiger partial charge in [-0.2, -0.15) is 13.2 Å². The van der Waals surface area contributed by atoms with E-state index in [-0.39, 0.29) is 6.42 Å². The molecule has 5 heteroatoms. The summed E-state index contributed by atoms with van der Waals surface area (Å²) >= 11 is 3.35. The number of nitrogens with one attached hydrogen (secondary N) is 1. The molecule has 0 aromatic heterocycles. The van der Waals surface area contributed by atoms with Crippen molar-refractivity contribution in [3.8, 4) is 0 Å². The molecule has 0 aliphatic heterocycles. The van der Waals surface area contributed by atoms with E-state index in [1.54, 1.807) is 0 Å². The number of anilines is 1. The lowest BCUT2D eigenvalue weighted by Gasteiger charge is -2.34. The molecule has 2 unspecified atom stereocenters. The molecular formula is C14H17BrF3N. The van der Waals surface area contributed by atoms with Crippen LogP contribution < -0.4 is 5.32 Å². The predicted molar refractivity (Wildman–Crippen MR) is 74.3 cm³/mol. The SMILES string of the molecule is Cc1ccc(Br)cc1NC1CCCCC1C(F)(F)F. The van der Waals surface area contributed by atoms with Crippen LogP contribution in [-0.2, 0) is 0 Å². The molecule has 0 amide bonds. The van der Waals surface area contributed by atoms with Crippen molar-refractivity contribution in [3.05, 3.63) is 28.2 Å². The highest BCUT2D eigenvalue weighted by molar-refractivity contribution is 9.10. The van der Waals surface area contributed by atoms with Crippen LogP contribution >= 0.6 is 15.9 Å². The fourth-order valence-electron chi connectivity index (χ4n) is 2.64. The van der Waals surface area contributed by atoms with E-state index in [0.717, 1.165) is 22.1 Å². The molecule has 0 heterocycles. The van der Waals surface area contributed by atoms with E-state index >= 15 is 0 Å². The molecule has 0 radical (unpaired) electrons. The number of rotatable bonds is 2. The number of aryl methyl sites for hydroxylation is 1. The second kappa shape index (κ2) is 5.73. The Morgan fingerprint density at radius 1 is 1.21 bits per heavy atom. The van der Waals surface area contributed by atoms with Gasteiger partial charge in [0.25, 0.3) is 0 Å². The second-order valence-corrected chi connectivity index (χ2v) is 6.06. The first-order chi connectivity index (χ1) is 8.88. The quantitative estimate of drug-likeness (QED) is 0.774. The number of alkyl halides is 3. The zero-order valence-corrected chi connectivity index (χ0v) is 12.3. The van der Waals surface area contributed by atoms with Crippen molar-refractivity contribution in [2.75, 3.05) is 5.32 Å². The van der Waals surface area contributed by atoms with Crippen molar-refractivity contribution >= 4 is 21.6 Å². The first-order valence-corrected chi connectivity index (χ1v) is 7.26. The third kappa shape index (κ3) is 3.65. The fraction of sp³-hybridized carbons (Fsp3) is 0.571. The average Bonchev–Trinajstić information content (AvgIpc) is 2.33. The Hall–Kier alpha value is -0.710. The van der Waals surface area contributed by atoms with Gasteiger partial charge in [-0.25, -0.2) is 0 Å². The predicted octanol–water partition coefficient (Wildman–Crippen LogP) is 5.29. The maximum atomic E-state index is 13.0. The van der Waals surface area contributed by atoms with Gasteiger partial charge in [0.05, 0.1) is 5.92 Å². The zero-order chi connectivity index (χ0) is 14.0. The molecule has 2 rings (SSSR count). The molecule has 1 fully saturated rings. The molecule has 1 saturated carbocycles. The lowest BCUT2D eigenvalue weighted by molar-refractivity contribution is -0.184. The Bertz CT molecular complexity index is 445. The standard InChI is InChI=1S/C14H17BrF3N/c1-9-6-7-10(15)8-13(9)19-12-5-3-2-4-11(12)14(16,17)18/h6-8,11-12,19H,2-5H2,1H3. The van der Waals surface area contributed by atoms with E-state index in [1.165, 1.54) is 0 Å². The van der Waals surface area contributed by atoms with Crippen LogP contribution in [0.5, 0.6) is 0 Å². The molecule has 1 N–H and O–H groups in total. The van der Waals surface area contributed by atoms with Gasteiger partial charge in [-0.05, 0) is 37.5 Å². The smallest absolute Gasteiger partial charge is 0.381 e. The van der Waals surface area contributed by atoms with Crippen LogP contribution in [0.1, 0.15) is 31.2 Å². The fourth-order valence-corrected chi connectivity index (χ4v) is 3.01. The minimum absolute atomic E-state index is 0.230. The van der Waals surface area contributed by atoms with E-state index in [9.17, 15) is 13.2 Å². The average molecular weight is 336 g/mol. The lowest BCUT2D eigenvalue weighted by atomic mass is 9.83. The summed E-state index contributed by atoms with van der Waals surface area (Å²) in [6, 6.07) is 5.12. The van der Waals surface area contributed by atoms with Crippen molar-refractivity contribution in [1.82, 2.24) is 0 Å². The van der Waals surface area contributed by atoms with Crippen LogP contribution in [0.4, 0.5) is 18.9 Å². The number of hydrogen-bond donors (Lipinski definition) is 1. The molecule has 0 bridgehead atoms. The Kier molecular flexibility index (Phi) is 4.43. The van der Waals surface area contributed by atoms with Gasteiger partial charge in [0.15, 0.2) is 0 Å². The molecule has 1 aliphatic carbocycles. The van der Waals surface area contributed by atoms with Crippen molar-refractivity contribution in [1.29, 1.82) is 0 Å². The highest BCUT2D eigenvalue weighted by atomic mass is 79.9. The van der Waals surface area contributed by atoms with Crippen molar-refractivity contribution in [2.45, 2.75) is 44.8 Å². The maximum absolute atomic E-state index is 13.0. The van der Waals surface area contributed by atoms with Gasteiger partial charge in [-0.3, -0.25) is 0 Å². The Morgan fingerprint density at radius 3 is 2.58 bits per heavy atom. The third-order valence-corrected chi connectivity index (χ3v) is 4.22. The molecule has 2 atom stereocenters. The summed E-state index contributed by atoms with van der Waals surface area (Å²) in [5.41, 5.74) is 1.75. The second-order valence-electron chi connectivity index (χ2n) is 5.14. The van der Waals surface area contributed by atoms with Crippen molar-refractivity contribution < 1.29 is 13.2 Å². The van der Waals surface area contributed by atoms with Gasteiger partial charge < -0.3 is 5.32 Å². The Labute approximate surface area is 119 Å². The monoisotopic (exact) mass is 335 g/mol. The first-order valence-electron chi connectivity index (χ1n) is 6.47. The molecule has 1 nitrogen and oxygen atoms in total. The van der Waals surface area contributed by atoms with Crippen molar-refractivity contribution in [2.24, 2.45) is 5.92 Å². The highest BCUT2D eigenvalue weighted by Gasteiger charge is 2.45. The summed E-state index contributed by atoms with van der Waals surface area (Å²) in [7, 11) is 0. The third-order valence-electron chi connectivity index (χ3n) is 3.73. The van der Waals surface area contributed by atoms with Gasteiger partial charge in [0, 0.05) is 16.2 Å². The van der Waals surface area contributed by atoms with Gasteiger partial charge >= 0.3 is 6.18 Å². The minimum atomic E-state index is -4.11. The van der Waals surface area contributed by atoms with E-state index in [0.29, 0.717) is 12.8 Å². The van der Waals surface area contributed by atoms with Crippen molar-refractivity contribution in [3.63, 3.8) is 0 Å². The number of benzene rings is 1. The molecule has 0 spiro atoms. The van der Waals surface area contributed by atoms with Crippen LogP contribution in [0.25, 0.3) is 0 Å². The van der Waals surface area contributed by atoms with E-state index in [4.69, 9.17) is 0 Å². The first kappa shape index (κ1) is 14.7. The zero-order valence-electron chi connectivity index (χ0n) is 10.7. The lowest BCUT2D eigenvalue weighted by Crippen LogP contribution is -2.41. The van der Waals surface area contributed by atoms with Gasteiger partial charge in [0.2, 0.25) is 0 Å². The van der Waals surface area contributed by atoms with E-state index in [2.05, 4.69) is 21.2 Å². The Morgan fingerprint density at radius 2 is 1.89 bits per heavy atom. The number of halogens is 4. The van der Waals surface area contributed by atoms with Crippen LogP contribution in [0.3, 0.4) is 0 Å². The van der Waals surface area contributed by atoms with Crippen LogP contribution in [-0.4, -0.2) is 12.2 Å². The van der Waals surface area contributed by atoms with Gasteiger partial charge in [-0.15, -0.1) is 0 Å². The largest absolute Gasteiger partial charge is 0.393 e. The van der Waals surface area contributed by atoms with E-state index < -0.39 is 18.1 Å². The molecular weight excluding hydrogens is 319 g/mol. The molecule has 106 valence electrons. The van der Waals surface area contributed by atoms with Crippen LogP contribution in [0.15, 0.2) is 22.7 Å². The minimum Gasteiger partial charge on any atom is -0.381 e. The molecule has 0 saturated heterocycles. The molecule has 19 heavy (non-hydrogen) atoms. The van der Waals surface area contributed by atoms with E-state index in [1.807, 2.05) is 25.1 Å². The van der Waals surface area contributed by atoms with Crippen LogP contribution in [0, 0.1) is 12.8 Å². The summed E-state index contributed by atoms with van der Waals surface area (Å²) < 4.78 is 39.9.